The zero-order chi connectivity index (χ0) is 58.0. The average molecular weight is 1110 g/mol. The number of carbonyl (C=O) groups excluding carboxylic acids is 5. The topological polar surface area (TPSA) is 206 Å². The molecule has 4 heterocycles. The summed E-state index contributed by atoms with van der Waals surface area (Å²) in [6.45, 7) is 21.1. The van der Waals surface area contributed by atoms with Crippen molar-refractivity contribution in [2.75, 3.05) is 67.3 Å². The predicted molar refractivity (Wildman–Crippen MR) is 301 cm³/mol. The van der Waals surface area contributed by atoms with Crippen molar-refractivity contribution in [3.05, 3.63) is 47.6 Å². The molecule has 4 fully saturated rings. The molecular formula is C62H100N2O15. The lowest BCUT2D eigenvalue weighted by Gasteiger charge is -2.43. The van der Waals surface area contributed by atoms with E-state index in [9.17, 15) is 34.2 Å². The van der Waals surface area contributed by atoms with Gasteiger partial charge in [0, 0.05) is 84.7 Å². The minimum Gasteiger partial charge on any atom is -0.460 e. The Bertz CT molecular complexity index is 2080. The molecule has 2 N–H and O–H groups in total. The first-order valence-electron chi connectivity index (χ1n) is 29.7. The summed E-state index contributed by atoms with van der Waals surface area (Å²) in [6, 6.07) is -1.15. The van der Waals surface area contributed by atoms with Gasteiger partial charge in [-0.2, -0.15) is 0 Å². The number of allylic oxidation sites excluding steroid dienone is 6. The molecule has 2 bridgehead atoms. The van der Waals surface area contributed by atoms with E-state index in [1.807, 2.05) is 58.1 Å². The van der Waals surface area contributed by atoms with Gasteiger partial charge in [-0.3, -0.25) is 24.1 Å². The molecule has 0 aromatic heterocycles. The Morgan fingerprint density at radius 2 is 1.53 bits per heavy atom. The van der Waals surface area contributed by atoms with Crippen LogP contribution in [0.4, 0.5) is 0 Å². The summed E-state index contributed by atoms with van der Waals surface area (Å²) in [6.07, 6.45) is 13.6. The fourth-order valence-electron chi connectivity index (χ4n) is 12.5. The van der Waals surface area contributed by atoms with Crippen molar-refractivity contribution in [2.45, 2.75) is 213 Å². The van der Waals surface area contributed by atoms with Gasteiger partial charge in [0.2, 0.25) is 5.79 Å². The number of methoxy groups -OCH3 is 3. The normalized spacial score (nSPS) is 38.7. The highest BCUT2D eigenvalue weighted by atomic mass is 16.6. The number of carbonyl (C=O) groups is 5. The van der Waals surface area contributed by atoms with Crippen LogP contribution in [0.1, 0.15) is 146 Å². The van der Waals surface area contributed by atoms with E-state index in [1.165, 1.54) is 12.0 Å². The van der Waals surface area contributed by atoms with Gasteiger partial charge < -0.3 is 53.0 Å². The number of hydrogen-bond donors (Lipinski definition) is 2. The number of piperidine rings is 1. The van der Waals surface area contributed by atoms with Crippen LogP contribution < -0.4 is 0 Å². The standard InChI is InChI=1S/C62H100N2O15/c1-39-19-14-13-15-20-40(2)53(76-30-29-72-10)35-49-24-22-45(7)62(71,79-49)59(68)60(69)64-27-17-16-21-50(64)61(70)78-54(36-51(65)41(3)32-44(6)57(67)58(74-12)56(66)43(5)31-39)42(4)33-48-23-25-52(55(34-48)73-11)75-28-18-26-63-37-46(8)77-47(9)38-63/h13-15,19-20,32,39,41-43,45-50,52-55,57-58,67,71H,16-18,21-31,33-38H2,1-12H3/b15-13+,19-14+,40-20+,44-32+/t39-,41-,42-,43-,45-,46-,47+,48+,49+,50?,52-,53?,54+,55-,57-,58+,62-/m1/s1. The molecule has 1 amide bonds. The van der Waals surface area contributed by atoms with Gasteiger partial charge in [-0.05, 0) is 127 Å². The first kappa shape index (κ1) is 66.3. The van der Waals surface area contributed by atoms with Gasteiger partial charge in [-0.1, -0.05) is 71.1 Å². The molecule has 448 valence electrons. The molecule has 1 saturated carbocycles. The summed E-state index contributed by atoms with van der Waals surface area (Å²) in [5.41, 5.74) is 1.26. The average Bonchev–Trinajstić information content (AvgIpc) is 3.45. The predicted octanol–water partition coefficient (Wildman–Crippen LogP) is 7.72. The number of amides is 1. The van der Waals surface area contributed by atoms with Crippen LogP contribution in [0.2, 0.25) is 0 Å². The molecule has 17 heteroatoms. The third-order valence-corrected chi connectivity index (χ3v) is 17.2. The number of Topliss-reactive ketones (excluding diaryl/α,β-unsaturated/α-hetero) is 3. The summed E-state index contributed by atoms with van der Waals surface area (Å²) in [5.74, 6) is -7.95. The molecule has 17 nitrogen and oxygen atoms in total. The SMILES string of the molecule is COCCOC1C[C@@H]2CC[C@@H](C)[C@@](O)(O2)C(=O)C(=O)N2CCCCC2C(=O)O[C@H]([C@H](C)C[C@@H]2CC[C@@H](OCCCN3C[C@@H](C)O[C@@H](C)C3)[C@H](OC)C2)CC(=O)[C@H](C)/C=C(\C)[C@@H](O)[C@@H](OC)C(=O)[C@H](C)C[C@H](C)/C=C/C=C/C=C/1C. The molecule has 2 unspecified atom stereocenters. The van der Waals surface area contributed by atoms with E-state index in [2.05, 4.69) is 18.7 Å². The molecule has 5 rings (SSSR count). The first-order valence-corrected chi connectivity index (χ1v) is 29.7. The molecule has 79 heavy (non-hydrogen) atoms. The number of aliphatic hydroxyl groups is 2. The Morgan fingerprint density at radius 1 is 0.797 bits per heavy atom. The molecule has 17 atom stereocenters. The maximum Gasteiger partial charge on any atom is 0.329 e. The number of nitrogens with zero attached hydrogens (tertiary/aromatic N) is 2. The van der Waals surface area contributed by atoms with Gasteiger partial charge in [-0.25, -0.2) is 4.79 Å². The zero-order valence-corrected chi connectivity index (χ0v) is 49.9. The van der Waals surface area contributed by atoms with Crippen molar-refractivity contribution in [1.82, 2.24) is 9.80 Å². The summed E-state index contributed by atoms with van der Waals surface area (Å²) in [7, 11) is 4.69. The number of morpholine rings is 1. The molecular weight excluding hydrogens is 1010 g/mol. The Kier molecular flexibility index (Phi) is 27.2. The van der Waals surface area contributed by atoms with Crippen molar-refractivity contribution >= 4 is 29.2 Å². The third-order valence-electron chi connectivity index (χ3n) is 17.2. The van der Waals surface area contributed by atoms with E-state index in [-0.39, 0.29) is 86.2 Å². The van der Waals surface area contributed by atoms with Crippen molar-refractivity contribution in [3.8, 4) is 0 Å². The molecule has 0 radical (unpaired) electrons. The lowest BCUT2D eigenvalue weighted by Crippen LogP contribution is -2.61. The number of cyclic esters (lactones) is 1. The van der Waals surface area contributed by atoms with E-state index in [4.69, 9.17) is 37.9 Å². The molecule has 1 aliphatic carbocycles. The van der Waals surface area contributed by atoms with E-state index < -0.39 is 77.8 Å². The maximum absolute atomic E-state index is 14.7. The van der Waals surface area contributed by atoms with Crippen LogP contribution in [0.3, 0.4) is 0 Å². The fraction of sp³-hybridized carbons (Fsp3) is 0.790. The van der Waals surface area contributed by atoms with Crippen LogP contribution in [0.25, 0.3) is 0 Å². The lowest BCUT2D eigenvalue weighted by atomic mass is 9.78. The minimum absolute atomic E-state index is 0.00271. The molecule has 5 aliphatic rings. The zero-order valence-electron chi connectivity index (χ0n) is 49.9. The number of fused-ring (bicyclic) bond motifs is 3. The highest BCUT2D eigenvalue weighted by Gasteiger charge is 2.53. The molecule has 0 aromatic carbocycles. The van der Waals surface area contributed by atoms with Crippen LogP contribution in [0.5, 0.6) is 0 Å². The van der Waals surface area contributed by atoms with Crippen molar-refractivity contribution in [3.63, 3.8) is 0 Å². The van der Waals surface area contributed by atoms with Gasteiger partial charge in [0.25, 0.3) is 11.7 Å². The lowest BCUT2D eigenvalue weighted by molar-refractivity contribution is -0.266. The Morgan fingerprint density at radius 3 is 2.23 bits per heavy atom. The number of hydrogen-bond acceptors (Lipinski definition) is 16. The number of ketones is 3. The second-order valence-electron chi connectivity index (χ2n) is 23.9. The van der Waals surface area contributed by atoms with Crippen LogP contribution in [0, 0.1) is 35.5 Å². The second kappa shape index (κ2) is 32.4. The number of aliphatic hydroxyl groups excluding tert-OH is 1. The quantitative estimate of drug-likeness (QED) is 0.0739. The summed E-state index contributed by atoms with van der Waals surface area (Å²) in [5, 5.41) is 23.8. The monoisotopic (exact) mass is 1110 g/mol. The van der Waals surface area contributed by atoms with Gasteiger partial charge >= 0.3 is 5.97 Å². The van der Waals surface area contributed by atoms with Crippen LogP contribution in [0.15, 0.2) is 47.6 Å². The maximum atomic E-state index is 14.7. The molecule has 4 aliphatic heterocycles. The molecule has 3 saturated heterocycles. The van der Waals surface area contributed by atoms with E-state index in [1.54, 1.807) is 41.1 Å². The first-order chi connectivity index (χ1) is 37.6. The summed E-state index contributed by atoms with van der Waals surface area (Å²) >= 11 is 0. The highest BCUT2D eigenvalue weighted by molar-refractivity contribution is 6.39. The van der Waals surface area contributed by atoms with E-state index in [0.717, 1.165) is 50.9 Å². The van der Waals surface area contributed by atoms with Crippen molar-refractivity contribution in [2.24, 2.45) is 35.5 Å². The van der Waals surface area contributed by atoms with Crippen LogP contribution in [-0.4, -0.2) is 183 Å². The van der Waals surface area contributed by atoms with Gasteiger partial charge in [0.1, 0.15) is 30.1 Å². The third kappa shape index (κ3) is 19.3. The van der Waals surface area contributed by atoms with E-state index >= 15 is 0 Å². The largest absolute Gasteiger partial charge is 0.460 e. The summed E-state index contributed by atoms with van der Waals surface area (Å²) in [4.78, 5) is 75.6. The Labute approximate surface area is 472 Å². The highest BCUT2D eigenvalue weighted by Crippen LogP contribution is 2.38. The van der Waals surface area contributed by atoms with Crippen LogP contribution in [-0.2, 0) is 61.9 Å². The van der Waals surface area contributed by atoms with Crippen molar-refractivity contribution in [1.29, 1.82) is 0 Å². The number of ether oxygens (including phenoxy) is 8. The smallest absolute Gasteiger partial charge is 0.329 e. The molecule has 0 aromatic rings. The Balaban J connectivity index is 1.41. The van der Waals surface area contributed by atoms with Crippen molar-refractivity contribution < 1.29 is 72.1 Å². The Hall–Kier alpha value is -3.49. The number of rotatable bonds is 14. The summed E-state index contributed by atoms with van der Waals surface area (Å²) < 4.78 is 48.3. The minimum atomic E-state index is -2.46. The fourth-order valence-corrected chi connectivity index (χ4v) is 12.5. The van der Waals surface area contributed by atoms with Crippen LogP contribution >= 0.6 is 0 Å². The van der Waals surface area contributed by atoms with Gasteiger partial charge in [0.05, 0.1) is 49.8 Å². The van der Waals surface area contributed by atoms with Gasteiger partial charge in [0.15, 0.2) is 5.78 Å². The van der Waals surface area contributed by atoms with Gasteiger partial charge in [-0.15, -0.1) is 0 Å². The second-order valence-corrected chi connectivity index (χ2v) is 23.9. The van der Waals surface area contributed by atoms with E-state index in [0.29, 0.717) is 57.3 Å². The molecule has 0 spiro atoms. The number of esters is 1.